The third-order valence-corrected chi connectivity index (χ3v) is 17.8. The van der Waals surface area contributed by atoms with Gasteiger partial charge in [-0.05, 0) is 124 Å². The third kappa shape index (κ3) is 11.0. The maximum Gasteiger partial charge on any atom is 0.338 e. The molecule has 4 heterocycles. The second-order valence-electron chi connectivity index (χ2n) is 18.8. The van der Waals surface area contributed by atoms with Crippen LogP contribution in [0.15, 0.2) is 126 Å². The molecule has 0 spiro atoms. The number of piperidine rings is 1. The number of aliphatic hydroxyl groups is 1. The number of nitrogens with zero attached hydrogens (tertiary/aromatic N) is 6. The predicted molar refractivity (Wildman–Crippen MR) is 288 cm³/mol. The lowest BCUT2D eigenvalue weighted by molar-refractivity contribution is -0.383. The number of nitro benzene ring substituents is 1. The molecule has 3 N–H and O–H groups in total. The summed E-state index contributed by atoms with van der Waals surface area (Å²) < 4.78 is 24.7. The van der Waals surface area contributed by atoms with E-state index in [1.165, 1.54) is 6.07 Å². The van der Waals surface area contributed by atoms with Gasteiger partial charge in [-0.3, -0.25) is 19.3 Å². The minimum atomic E-state index is -3.71. The van der Waals surface area contributed by atoms with E-state index in [9.17, 15) is 29.7 Å². The quantitative estimate of drug-likeness (QED) is 0.0344. The first-order valence-electron chi connectivity index (χ1n) is 24.4. The Kier molecular flexibility index (Phi) is 15.5. The standard InChI is InChI=1S/C54H61ClN7O7PS/c1-37(2)61-38(3)51(54(64)65)52(53(61)39-12-14-41(55)15-13-39)40-8-7-9-45(34-40)59-30-28-58(29-31-59)43-16-18-44(19-17-43)60-32-33-69-70(60,68)47-20-21-49(50(35-47)62(66)67)56-42(36-71-48-10-5-4-6-11-48)22-25-57-26-23-46(63)24-27-57/h4-21,34-35,37,42,46,56,63H,22-33,36H2,1-3H3,(H,64,65)/t42-,70?/m1/s1. The number of carbonyl (C=O) groups is 1. The van der Waals surface area contributed by atoms with Gasteiger partial charge in [0.15, 0.2) is 0 Å². The molecule has 3 aliphatic heterocycles. The lowest BCUT2D eigenvalue weighted by atomic mass is 9.96. The Morgan fingerprint density at radius 3 is 2.18 bits per heavy atom. The highest BCUT2D eigenvalue weighted by Crippen LogP contribution is 2.56. The van der Waals surface area contributed by atoms with E-state index < -0.39 is 18.4 Å². The monoisotopic (exact) mass is 1020 g/mol. The molecule has 3 aliphatic rings. The molecule has 9 rings (SSSR count). The van der Waals surface area contributed by atoms with Crippen LogP contribution >= 0.6 is 30.9 Å². The normalized spacial score (nSPS) is 18.3. The molecule has 6 aromatic rings. The van der Waals surface area contributed by atoms with Crippen LogP contribution in [0, 0.1) is 17.0 Å². The number of rotatable bonds is 17. The van der Waals surface area contributed by atoms with Crippen LogP contribution in [0.2, 0.25) is 5.02 Å². The van der Waals surface area contributed by atoms with E-state index in [4.69, 9.17) is 16.1 Å². The largest absolute Gasteiger partial charge is 0.478 e. The summed E-state index contributed by atoms with van der Waals surface area (Å²) in [6, 6.07) is 38.4. The highest BCUT2D eigenvalue weighted by atomic mass is 35.5. The molecule has 1 aromatic heterocycles. The number of aromatic carboxylic acids is 1. The summed E-state index contributed by atoms with van der Waals surface area (Å²) in [5.41, 5.74) is 7.20. The molecule has 0 bridgehead atoms. The Labute approximate surface area is 424 Å². The van der Waals surface area contributed by atoms with Crippen molar-refractivity contribution in [2.75, 3.05) is 84.5 Å². The Balaban J connectivity index is 0.885. The van der Waals surface area contributed by atoms with Gasteiger partial charge in [-0.15, -0.1) is 11.8 Å². The summed E-state index contributed by atoms with van der Waals surface area (Å²) in [7, 11) is -3.71. The number of thioether (sulfide) groups is 1. The van der Waals surface area contributed by atoms with E-state index in [-0.39, 0.29) is 35.8 Å². The molecule has 372 valence electrons. The summed E-state index contributed by atoms with van der Waals surface area (Å²) in [4.78, 5) is 33.3. The predicted octanol–water partition coefficient (Wildman–Crippen LogP) is 11.1. The number of benzene rings is 5. The summed E-state index contributed by atoms with van der Waals surface area (Å²) in [6.45, 7) is 12.0. The zero-order chi connectivity index (χ0) is 49.8. The summed E-state index contributed by atoms with van der Waals surface area (Å²) in [5.74, 6) is -0.281. The molecule has 0 aliphatic carbocycles. The van der Waals surface area contributed by atoms with Gasteiger partial charge in [-0.2, -0.15) is 0 Å². The Morgan fingerprint density at radius 1 is 0.845 bits per heavy atom. The van der Waals surface area contributed by atoms with E-state index in [2.05, 4.69) is 62.7 Å². The zero-order valence-corrected chi connectivity index (χ0v) is 42.8. The first-order valence-corrected chi connectivity index (χ1v) is 27.3. The number of aromatic nitrogens is 1. The van der Waals surface area contributed by atoms with Gasteiger partial charge in [-0.1, -0.05) is 54.1 Å². The molecular formula is C54H61ClN7O7PS. The average molecular weight is 1020 g/mol. The number of anilines is 4. The number of piperazine rings is 1. The van der Waals surface area contributed by atoms with Crippen LogP contribution < -0.4 is 25.1 Å². The zero-order valence-electron chi connectivity index (χ0n) is 40.3. The molecule has 17 heteroatoms. The van der Waals surface area contributed by atoms with E-state index in [0.29, 0.717) is 45.5 Å². The minimum Gasteiger partial charge on any atom is -0.478 e. The van der Waals surface area contributed by atoms with Crippen molar-refractivity contribution in [3.8, 4) is 22.4 Å². The second kappa shape index (κ2) is 21.9. The molecule has 5 aromatic carbocycles. The number of nitro groups is 1. The number of likely N-dealkylation sites (tertiary alicyclic amines) is 1. The molecule has 0 saturated carbocycles. The molecule has 3 saturated heterocycles. The topological polar surface area (TPSA) is 157 Å². The van der Waals surface area contributed by atoms with Crippen molar-refractivity contribution in [2.45, 2.75) is 63.1 Å². The molecular weight excluding hydrogens is 957 g/mol. The van der Waals surface area contributed by atoms with Crippen molar-refractivity contribution in [3.05, 3.63) is 148 Å². The fraction of sp³-hybridized carbons (Fsp3) is 0.352. The first-order chi connectivity index (χ1) is 34.3. The highest BCUT2D eigenvalue weighted by Gasteiger charge is 2.41. The van der Waals surface area contributed by atoms with Crippen molar-refractivity contribution in [1.82, 2.24) is 9.47 Å². The van der Waals surface area contributed by atoms with Crippen molar-refractivity contribution in [3.63, 3.8) is 0 Å². The van der Waals surface area contributed by atoms with Gasteiger partial charge in [0.2, 0.25) is 0 Å². The Morgan fingerprint density at radius 2 is 1.52 bits per heavy atom. The van der Waals surface area contributed by atoms with Gasteiger partial charge < -0.3 is 39.3 Å². The van der Waals surface area contributed by atoms with Crippen molar-refractivity contribution in [1.29, 1.82) is 0 Å². The van der Waals surface area contributed by atoms with Crippen molar-refractivity contribution >= 4 is 70.6 Å². The maximum atomic E-state index is 14.9. The SMILES string of the molecule is Cc1c(C(=O)O)c(-c2cccc(N3CCN(c4ccc(N5CCOP5(=O)c5ccc(N[C@H](CCN6CCC(O)CC6)CSc6ccccc6)c([N+](=O)[O-])c5)cc4)CC3)c2)c(-c2ccc(Cl)cc2)n1C(C)C. The Hall–Kier alpha value is -5.80. The van der Waals surface area contributed by atoms with Crippen LogP contribution in [0.3, 0.4) is 0 Å². The summed E-state index contributed by atoms with van der Waals surface area (Å²) in [6.07, 6.45) is 1.97. The van der Waals surface area contributed by atoms with Gasteiger partial charge in [0, 0.05) is 108 Å². The molecule has 3 fully saturated rings. The number of hydrogen-bond acceptors (Lipinski definition) is 11. The van der Waals surface area contributed by atoms with Gasteiger partial charge >= 0.3 is 13.5 Å². The lowest BCUT2D eigenvalue weighted by Gasteiger charge is -2.37. The number of aliphatic hydroxyl groups excluding tert-OH is 1. The molecule has 71 heavy (non-hydrogen) atoms. The number of halogens is 1. The lowest BCUT2D eigenvalue weighted by Crippen LogP contribution is -2.46. The average Bonchev–Trinajstić information content (AvgIpc) is 3.93. The van der Waals surface area contributed by atoms with Crippen molar-refractivity contribution in [2.24, 2.45) is 0 Å². The molecule has 2 atom stereocenters. The summed E-state index contributed by atoms with van der Waals surface area (Å²) >= 11 is 7.98. The molecule has 0 radical (unpaired) electrons. The fourth-order valence-corrected chi connectivity index (χ4v) is 13.6. The Bertz CT molecular complexity index is 2890. The smallest absolute Gasteiger partial charge is 0.338 e. The van der Waals surface area contributed by atoms with Gasteiger partial charge in [0.1, 0.15) is 5.69 Å². The van der Waals surface area contributed by atoms with Crippen LogP contribution in [0.1, 0.15) is 55.2 Å². The van der Waals surface area contributed by atoms with Gasteiger partial charge in [0.05, 0.1) is 40.7 Å². The van der Waals surface area contributed by atoms with Crippen molar-refractivity contribution < 1.29 is 29.0 Å². The maximum absolute atomic E-state index is 14.9. The van der Waals surface area contributed by atoms with E-state index >= 15 is 0 Å². The molecule has 14 nitrogen and oxygen atoms in total. The van der Waals surface area contributed by atoms with Crippen LogP contribution in [0.25, 0.3) is 22.4 Å². The van der Waals surface area contributed by atoms with Gasteiger partial charge in [-0.25, -0.2) is 4.79 Å². The first kappa shape index (κ1) is 50.2. The van der Waals surface area contributed by atoms with E-state index in [0.717, 1.165) is 98.2 Å². The number of carboxylic acids is 1. The minimum absolute atomic E-state index is 0.0162. The third-order valence-electron chi connectivity index (χ3n) is 13.9. The van der Waals surface area contributed by atoms with Crippen LogP contribution in [-0.2, 0) is 9.09 Å². The summed E-state index contributed by atoms with van der Waals surface area (Å²) in [5, 5.41) is 37.7. The fourth-order valence-electron chi connectivity index (χ4n) is 10.2. The molecule has 0 amide bonds. The second-order valence-corrected chi connectivity index (χ2v) is 22.6. The van der Waals surface area contributed by atoms with Gasteiger partial charge in [0.25, 0.3) is 5.69 Å². The van der Waals surface area contributed by atoms with Crippen LogP contribution in [0.4, 0.5) is 28.4 Å². The van der Waals surface area contributed by atoms with E-state index in [1.54, 1.807) is 28.6 Å². The number of nitrogens with one attached hydrogen (secondary N) is 1. The molecule has 1 unspecified atom stereocenters. The highest BCUT2D eigenvalue weighted by molar-refractivity contribution is 7.99. The number of hydrogen-bond donors (Lipinski definition) is 3. The van der Waals surface area contributed by atoms with Crippen LogP contribution in [0.5, 0.6) is 0 Å². The number of carboxylic acid groups (broad SMARTS) is 1. The van der Waals surface area contributed by atoms with Crippen LogP contribution in [-0.4, -0.2) is 107 Å². The van der Waals surface area contributed by atoms with E-state index in [1.807, 2.05) is 85.8 Å².